The van der Waals surface area contributed by atoms with Crippen LogP contribution >= 0.6 is 12.2 Å². The molecule has 448 valence electrons. The highest BCUT2D eigenvalue weighted by Crippen LogP contribution is 2.20. The van der Waals surface area contributed by atoms with Crippen LogP contribution in [-0.4, -0.2) is 227 Å². The monoisotopic (exact) mass is 1150 g/mol. The fourth-order valence-corrected chi connectivity index (χ4v) is 9.52. The van der Waals surface area contributed by atoms with Crippen LogP contribution in [0.5, 0.6) is 0 Å². The second kappa shape index (κ2) is 38.8. The topological polar surface area (TPSA) is 399 Å². The third kappa shape index (κ3) is 32.4. The van der Waals surface area contributed by atoms with Crippen molar-refractivity contribution in [3.05, 3.63) is 35.4 Å². The van der Waals surface area contributed by atoms with Gasteiger partial charge >= 0.3 is 53.8 Å². The van der Waals surface area contributed by atoms with Crippen LogP contribution in [0.2, 0.25) is 0 Å². The van der Waals surface area contributed by atoms with Gasteiger partial charge in [0.05, 0.1) is 32.1 Å². The van der Waals surface area contributed by atoms with E-state index in [1.54, 1.807) is 19.6 Å². The summed E-state index contributed by atoms with van der Waals surface area (Å²) < 4.78 is 0. The number of aliphatic carboxylic acids is 8. The zero-order valence-corrected chi connectivity index (χ0v) is 46.1. The molecule has 27 heteroatoms. The van der Waals surface area contributed by atoms with Gasteiger partial charge in [-0.15, -0.1) is 0 Å². The molecule has 11 N–H and O–H groups in total. The molecule has 1 aliphatic rings. The lowest BCUT2D eigenvalue weighted by atomic mass is 9.93. The van der Waals surface area contributed by atoms with E-state index in [0.29, 0.717) is 77.0 Å². The number of thiocarbonyl (C=S) groups is 1. The number of unbranched alkanes of at least 4 members (excludes halogenated alkanes) is 6. The van der Waals surface area contributed by atoms with Crippen LogP contribution in [0.3, 0.4) is 0 Å². The number of nitrogens with one attached hydrogen (secondary N) is 3. The van der Waals surface area contributed by atoms with Crippen LogP contribution in [0.1, 0.15) is 120 Å². The second-order valence-electron chi connectivity index (χ2n) is 20.2. The van der Waals surface area contributed by atoms with Gasteiger partial charge in [-0.2, -0.15) is 0 Å². The van der Waals surface area contributed by atoms with E-state index >= 15 is 0 Å². The quantitative estimate of drug-likeness (QED) is 0.0332. The predicted molar refractivity (Wildman–Crippen MR) is 291 cm³/mol. The molecule has 1 saturated heterocycles. The molecule has 1 aliphatic heterocycles. The third-order valence-electron chi connectivity index (χ3n) is 13.5. The summed E-state index contributed by atoms with van der Waals surface area (Å²) in [6.07, 6.45) is 6.50. The minimum absolute atomic E-state index is 0.00697. The molecular formula is C53H81N7O19S. The number of hydrogen-bond acceptors (Lipinski definition) is 16. The van der Waals surface area contributed by atoms with Gasteiger partial charge in [-0.3, -0.25) is 58.0 Å². The molecule has 4 unspecified atom stereocenters. The molecule has 1 aromatic carbocycles. The number of ketones is 1. The molecule has 1 aromatic rings. The van der Waals surface area contributed by atoms with Crippen LogP contribution < -0.4 is 16.0 Å². The first-order valence-corrected chi connectivity index (χ1v) is 27.4. The zero-order chi connectivity index (χ0) is 59.6. The molecule has 0 spiro atoms. The minimum Gasteiger partial charge on any atom is -0.481 e. The van der Waals surface area contributed by atoms with Crippen LogP contribution in [0.15, 0.2) is 24.3 Å². The first kappa shape index (κ1) is 69.4. The Morgan fingerprint density at radius 2 is 0.988 bits per heavy atom. The number of carbonyl (C=O) groups is 11. The van der Waals surface area contributed by atoms with Crippen molar-refractivity contribution in [2.75, 3.05) is 78.5 Å². The highest BCUT2D eigenvalue weighted by atomic mass is 32.1. The zero-order valence-electron chi connectivity index (χ0n) is 45.3. The lowest BCUT2D eigenvalue weighted by molar-refractivity contribution is -0.144. The molecule has 0 bridgehead atoms. The van der Waals surface area contributed by atoms with Crippen LogP contribution in [0.25, 0.3) is 0 Å². The molecule has 4 atom stereocenters. The van der Waals surface area contributed by atoms with Crippen LogP contribution in [0, 0.1) is 5.92 Å². The van der Waals surface area contributed by atoms with Gasteiger partial charge in [0.1, 0.15) is 17.9 Å². The number of benzene rings is 1. The number of carboxylic acids is 8. The lowest BCUT2D eigenvalue weighted by Crippen LogP contribution is -2.53. The van der Waals surface area contributed by atoms with Crippen LogP contribution in [-0.2, 0) is 60.8 Å². The van der Waals surface area contributed by atoms with Crippen LogP contribution in [0.4, 0.5) is 4.79 Å². The largest absolute Gasteiger partial charge is 0.481 e. The summed E-state index contributed by atoms with van der Waals surface area (Å²) in [7, 11) is 0. The van der Waals surface area contributed by atoms with E-state index < -0.39 is 84.2 Å². The fourth-order valence-electron chi connectivity index (χ4n) is 9.21. The number of rotatable bonds is 40. The SMILES string of the molecule is O=C(O)CCC(NC(=O)NC(CCCCNC(=O)CCCCCCC(=O)CC(CCCCCC(=S)Cc1ccc(CC2CN(CC(=O)O)CCN(CC(=O)O)CCN(CC(=O)O)CCN2CC(=O)O)cc1)C(=O)O)C(=O)O)C(=O)O. The Morgan fingerprint density at radius 3 is 1.54 bits per heavy atom. The Kier molecular flexibility index (Phi) is 33.7. The molecule has 1 heterocycles. The van der Waals surface area contributed by atoms with Gasteiger partial charge < -0.3 is 56.8 Å². The first-order chi connectivity index (χ1) is 37.9. The molecule has 0 radical (unpaired) electrons. The fraction of sp³-hybridized carbons (Fsp3) is 0.660. The predicted octanol–water partition coefficient (Wildman–Crippen LogP) is 2.38. The van der Waals surface area contributed by atoms with E-state index in [1.165, 1.54) is 0 Å². The van der Waals surface area contributed by atoms with E-state index in [4.69, 9.17) is 17.3 Å². The minimum atomic E-state index is -1.52. The maximum Gasteiger partial charge on any atom is 0.326 e. The molecule has 3 amide bonds. The Hall–Kier alpha value is -6.68. The number of amides is 3. The Balaban J connectivity index is 1.76. The summed E-state index contributed by atoms with van der Waals surface area (Å²) in [4.78, 5) is 138. The Morgan fingerprint density at radius 1 is 0.500 bits per heavy atom. The maximum absolute atomic E-state index is 12.7. The van der Waals surface area contributed by atoms with E-state index in [0.717, 1.165) is 22.4 Å². The number of nitrogens with zero attached hydrogens (tertiary/aromatic N) is 4. The van der Waals surface area contributed by atoms with E-state index in [1.807, 2.05) is 24.3 Å². The van der Waals surface area contributed by atoms with Crippen molar-refractivity contribution in [2.24, 2.45) is 5.92 Å². The van der Waals surface area contributed by atoms with Gasteiger partial charge in [-0.1, -0.05) is 62.2 Å². The average Bonchev–Trinajstić information content (AvgIpc) is 3.36. The molecule has 0 aromatic heterocycles. The van der Waals surface area contributed by atoms with Gasteiger partial charge in [0.2, 0.25) is 5.91 Å². The number of Topliss-reactive ketones (excluding diaryl/α,β-unsaturated/α-hetero) is 1. The van der Waals surface area contributed by atoms with Crippen molar-refractivity contribution in [3.63, 3.8) is 0 Å². The highest BCUT2D eigenvalue weighted by Gasteiger charge is 2.29. The van der Waals surface area contributed by atoms with Crippen molar-refractivity contribution in [2.45, 2.75) is 140 Å². The van der Waals surface area contributed by atoms with Gasteiger partial charge in [0.15, 0.2) is 0 Å². The number of hydrogen-bond donors (Lipinski definition) is 11. The van der Waals surface area contributed by atoms with E-state index in [2.05, 4.69) is 16.0 Å². The number of urea groups is 1. The summed E-state index contributed by atoms with van der Waals surface area (Å²) in [6.45, 7) is 0.143. The molecular weight excluding hydrogens is 1070 g/mol. The van der Waals surface area contributed by atoms with Crippen molar-refractivity contribution in [3.8, 4) is 0 Å². The summed E-state index contributed by atoms with van der Waals surface area (Å²) in [5.74, 6) is -10.6. The number of carboxylic acid groups (broad SMARTS) is 8. The molecule has 80 heavy (non-hydrogen) atoms. The molecule has 2 rings (SSSR count). The first-order valence-electron chi connectivity index (χ1n) is 27.0. The standard InChI is InChI=1S/C53H81N7O19S/c61-40(11-5-1-2-7-14-44(62)54-21-9-8-13-42(51(75)76)55-53(79)56-43(52(77)78)19-20-45(63)64)30-38(50(73)74)10-4-3-6-12-41(80)29-37-17-15-36(16-18-37)28-39-31-59(34-48(69)70)25-24-57(32-46(65)66)22-23-58(33-47(67)68)26-27-60(39)35-49(71)72/h15-18,38-39,42-43H,1-14,19-35H2,(H,54,62)(H,63,64)(H,65,66)(H,67,68)(H,69,70)(H,71,72)(H,73,74)(H,75,76)(H,77,78)(H2,55,56,79). The summed E-state index contributed by atoms with van der Waals surface area (Å²) >= 11 is 5.69. The lowest BCUT2D eigenvalue weighted by Gasteiger charge is -2.37. The summed E-state index contributed by atoms with van der Waals surface area (Å²) in [5, 5.41) is 82.9. The molecule has 1 fully saturated rings. The number of carbonyl (C=O) groups excluding carboxylic acids is 3. The van der Waals surface area contributed by atoms with Crippen molar-refractivity contribution in [1.29, 1.82) is 0 Å². The second-order valence-corrected chi connectivity index (χ2v) is 20.8. The maximum atomic E-state index is 12.7. The Labute approximate surface area is 470 Å². The smallest absolute Gasteiger partial charge is 0.326 e. The van der Waals surface area contributed by atoms with Crippen molar-refractivity contribution in [1.82, 2.24) is 35.6 Å². The van der Waals surface area contributed by atoms with E-state index in [9.17, 15) is 88.5 Å². The highest BCUT2D eigenvalue weighted by molar-refractivity contribution is 7.80. The third-order valence-corrected chi connectivity index (χ3v) is 13.8. The van der Waals surface area contributed by atoms with Gasteiger partial charge in [0.25, 0.3) is 0 Å². The van der Waals surface area contributed by atoms with Gasteiger partial charge in [0, 0.05) is 90.5 Å². The Bertz CT molecular complexity index is 2220. The summed E-state index contributed by atoms with van der Waals surface area (Å²) in [6, 6.07) is 3.21. The molecule has 26 nitrogen and oxygen atoms in total. The van der Waals surface area contributed by atoms with E-state index in [-0.39, 0.29) is 122 Å². The van der Waals surface area contributed by atoms with Gasteiger partial charge in [-0.05, 0) is 80.2 Å². The van der Waals surface area contributed by atoms with Crippen molar-refractivity contribution < 1.29 is 93.6 Å². The van der Waals surface area contributed by atoms with Gasteiger partial charge in [-0.25, -0.2) is 14.4 Å². The summed E-state index contributed by atoms with van der Waals surface area (Å²) in [5.41, 5.74) is 1.79. The van der Waals surface area contributed by atoms with Crippen molar-refractivity contribution >= 4 is 82.6 Å². The normalized spacial score (nSPS) is 16.1. The molecule has 0 aliphatic carbocycles. The average molecular weight is 1150 g/mol. The molecule has 0 saturated carbocycles.